The van der Waals surface area contributed by atoms with Gasteiger partial charge < -0.3 is 9.97 Å². The first-order valence-electron chi connectivity index (χ1n) is 11.4. The summed E-state index contributed by atoms with van der Waals surface area (Å²) in [5.74, 6) is 0. The first-order chi connectivity index (χ1) is 16.3. The summed E-state index contributed by atoms with van der Waals surface area (Å²) in [6.45, 7) is 0. The van der Waals surface area contributed by atoms with E-state index in [0.717, 1.165) is 64.1 Å². The Labute approximate surface area is 192 Å². The zero-order valence-electron chi connectivity index (χ0n) is 18.3. The Morgan fingerprint density at radius 1 is 0.545 bits per heavy atom. The number of rotatable bonds is 4. The quantitative estimate of drug-likeness (QED) is 0.323. The van der Waals surface area contributed by atoms with Crippen LogP contribution in [-0.4, -0.2) is 19.9 Å². The number of aromatic amines is 2. The van der Waals surface area contributed by atoms with E-state index in [2.05, 4.69) is 82.8 Å². The van der Waals surface area contributed by atoms with Crippen LogP contribution in [0.15, 0.2) is 72.8 Å². The molecule has 8 bridgehead atoms. The zero-order valence-corrected chi connectivity index (χ0v) is 18.3. The molecule has 0 unspecified atom stereocenters. The van der Waals surface area contributed by atoms with Crippen LogP contribution in [0.3, 0.4) is 0 Å². The molecule has 2 N–H and O–H groups in total. The molecule has 3 aromatic heterocycles. The van der Waals surface area contributed by atoms with Gasteiger partial charge >= 0.3 is 0 Å². The molecule has 1 aromatic carbocycles. The predicted octanol–water partition coefficient (Wildman–Crippen LogP) is 6.83. The van der Waals surface area contributed by atoms with Crippen molar-refractivity contribution in [3.8, 4) is 0 Å². The molecule has 0 saturated carbocycles. The molecule has 0 saturated heterocycles. The molecule has 0 spiro atoms. The van der Waals surface area contributed by atoms with Crippen LogP contribution in [-0.2, 0) is 12.8 Å². The number of hydrogen-bond acceptors (Lipinski definition) is 2. The van der Waals surface area contributed by atoms with Gasteiger partial charge in [0.25, 0.3) is 0 Å². The van der Waals surface area contributed by atoms with E-state index in [0.29, 0.717) is 0 Å². The number of hydrogen-bond donors (Lipinski definition) is 2. The summed E-state index contributed by atoms with van der Waals surface area (Å²) in [5, 5.41) is 0. The predicted molar refractivity (Wildman–Crippen MR) is 137 cm³/mol. The minimum atomic E-state index is 0.917. The average Bonchev–Trinajstić information content (AvgIpc) is 3.60. The number of benzene rings is 1. The Morgan fingerprint density at radius 3 is 1.97 bits per heavy atom. The van der Waals surface area contributed by atoms with E-state index in [1.807, 2.05) is 24.3 Å². The highest BCUT2D eigenvalue weighted by Gasteiger charge is 2.06. The average molecular weight is 429 g/mol. The van der Waals surface area contributed by atoms with E-state index in [-0.39, 0.29) is 0 Å². The molecule has 5 heterocycles. The van der Waals surface area contributed by atoms with Crippen LogP contribution < -0.4 is 0 Å². The van der Waals surface area contributed by atoms with Gasteiger partial charge in [0, 0.05) is 22.1 Å². The third-order valence-corrected chi connectivity index (χ3v) is 6.01. The van der Waals surface area contributed by atoms with Crippen molar-refractivity contribution < 1.29 is 0 Å². The molecule has 0 atom stereocenters. The summed E-state index contributed by atoms with van der Waals surface area (Å²) in [6.07, 6.45) is 11.3. The third-order valence-electron chi connectivity index (χ3n) is 6.01. The summed E-state index contributed by atoms with van der Waals surface area (Å²) >= 11 is 0. The van der Waals surface area contributed by atoms with E-state index in [1.165, 1.54) is 11.1 Å². The molecule has 33 heavy (non-hydrogen) atoms. The second kappa shape index (κ2) is 8.40. The maximum atomic E-state index is 4.79. The molecule has 4 heteroatoms. The number of nitrogens with one attached hydrogen (secondary N) is 2. The molecule has 0 amide bonds. The number of nitrogens with zero attached hydrogens (tertiary/aromatic N) is 2. The maximum absolute atomic E-state index is 4.79. The second-order valence-corrected chi connectivity index (χ2v) is 8.54. The Hall–Kier alpha value is -4.18. The van der Waals surface area contributed by atoms with Crippen LogP contribution >= 0.6 is 0 Å². The summed E-state index contributed by atoms with van der Waals surface area (Å²) in [5.41, 5.74) is 10.7. The van der Waals surface area contributed by atoms with Crippen molar-refractivity contribution in [3.05, 3.63) is 107 Å². The smallest absolute Gasteiger partial charge is 0.0659 e. The van der Waals surface area contributed by atoms with E-state index in [9.17, 15) is 0 Å². The van der Waals surface area contributed by atoms with Crippen LogP contribution in [0.5, 0.6) is 0 Å². The Bertz CT molecular complexity index is 1530. The van der Waals surface area contributed by atoms with Crippen LogP contribution in [0.25, 0.3) is 46.4 Å². The van der Waals surface area contributed by atoms with Crippen molar-refractivity contribution in [2.24, 2.45) is 0 Å². The molecule has 2 aliphatic heterocycles. The highest BCUT2D eigenvalue weighted by Crippen LogP contribution is 2.21. The van der Waals surface area contributed by atoms with Gasteiger partial charge in [-0.05, 0) is 97.2 Å². The van der Waals surface area contributed by atoms with Crippen molar-refractivity contribution in [3.63, 3.8) is 0 Å². The maximum Gasteiger partial charge on any atom is 0.0659 e. The van der Waals surface area contributed by atoms with Crippen molar-refractivity contribution >= 4 is 46.4 Å². The van der Waals surface area contributed by atoms with Gasteiger partial charge in [0.1, 0.15) is 0 Å². The summed E-state index contributed by atoms with van der Waals surface area (Å²) in [6, 6.07) is 25.5. The monoisotopic (exact) mass is 428 g/mol. The number of H-pyrrole nitrogens is 2. The van der Waals surface area contributed by atoms with Crippen LogP contribution in [0, 0.1) is 0 Å². The largest absolute Gasteiger partial charge is 0.355 e. The highest BCUT2D eigenvalue weighted by molar-refractivity contribution is 5.78. The lowest BCUT2D eigenvalue weighted by atomic mass is 10.0. The van der Waals surface area contributed by atoms with Gasteiger partial charge in [-0.15, -0.1) is 0 Å². The minimum Gasteiger partial charge on any atom is -0.355 e. The summed E-state index contributed by atoms with van der Waals surface area (Å²) < 4.78 is 0. The molecular weight excluding hydrogens is 404 g/mol. The van der Waals surface area contributed by atoms with Crippen LogP contribution in [0.4, 0.5) is 0 Å². The SMILES string of the molecule is C1=Cc2cc3ccc(cc4cc(CCCc5ccccc5)c(cc5nc(cc1n2)C=C5)[nH]4)[nH]3. The molecular formula is C29H24N4. The second-order valence-electron chi connectivity index (χ2n) is 8.54. The number of aromatic nitrogens is 4. The topological polar surface area (TPSA) is 57.4 Å². The van der Waals surface area contributed by atoms with Crippen LogP contribution in [0.2, 0.25) is 0 Å². The van der Waals surface area contributed by atoms with E-state index in [1.54, 1.807) is 0 Å². The van der Waals surface area contributed by atoms with Gasteiger partial charge in [0.05, 0.1) is 22.8 Å². The minimum absolute atomic E-state index is 0.917. The van der Waals surface area contributed by atoms with Crippen LogP contribution in [0.1, 0.15) is 40.3 Å². The van der Waals surface area contributed by atoms with Gasteiger partial charge in [-0.1, -0.05) is 30.3 Å². The lowest BCUT2D eigenvalue weighted by molar-refractivity contribution is 0.826. The van der Waals surface area contributed by atoms with Crippen molar-refractivity contribution in [2.75, 3.05) is 0 Å². The zero-order chi connectivity index (χ0) is 22.0. The van der Waals surface area contributed by atoms with E-state index in [4.69, 9.17) is 9.97 Å². The number of aryl methyl sites for hydroxylation is 2. The Balaban J connectivity index is 1.45. The molecule has 160 valence electrons. The first-order valence-corrected chi connectivity index (χ1v) is 11.4. The Kier molecular flexibility index (Phi) is 4.96. The highest BCUT2D eigenvalue weighted by atomic mass is 14.8. The van der Waals surface area contributed by atoms with Crippen molar-refractivity contribution in [2.45, 2.75) is 19.3 Å². The Morgan fingerprint density at radius 2 is 1.21 bits per heavy atom. The molecule has 0 fully saturated rings. The summed E-state index contributed by atoms with van der Waals surface area (Å²) in [7, 11) is 0. The molecule has 4 nitrogen and oxygen atoms in total. The lowest BCUT2D eigenvalue weighted by Crippen LogP contribution is -1.89. The van der Waals surface area contributed by atoms with Gasteiger partial charge in [0.2, 0.25) is 0 Å². The van der Waals surface area contributed by atoms with Gasteiger partial charge in [0.15, 0.2) is 0 Å². The molecule has 0 aliphatic carbocycles. The standard InChI is InChI=1S/C29H24N4/c1-2-5-20(6-3-1)7-4-8-21-15-28-18-26-12-11-24(31-26)16-22-9-10-23(30-22)17-25-13-14-27(32-25)19-29(21)33-28/h1-3,5-6,9-19,31,33H,4,7-8H2. The van der Waals surface area contributed by atoms with Crippen molar-refractivity contribution in [1.82, 2.24) is 19.9 Å². The van der Waals surface area contributed by atoms with Gasteiger partial charge in [-0.2, -0.15) is 0 Å². The van der Waals surface area contributed by atoms with Gasteiger partial charge in [-0.25, -0.2) is 9.97 Å². The lowest BCUT2D eigenvalue weighted by Gasteiger charge is -2.01. The van der Waals surface area contributed by atoms with Crippen molar-refractivity contribution in [1.29, 1.82) is 0 Å². The molecule has 2 aliphatic rings. The fourth-order valence-corrected chi connectivity index (χ4v) is 4.41. The molecule has 4 aromatic rings. The molecule has 0 radical (unpaired) electrons. The fraction of sp³-hybridized carbons (Fsp3) is 0.103. The first kappa shape index (κ1) is 19.5. The summed E-state index contributed by atoms with van der Waals surface area (Å²) in [4.78, 5) is 16.6. The fourth-order valence-electron chi connectivity index (χ4n) is 4.41. The third kappa shape index (κ3) is 4.41. The molecule has 6 rings (SSSR count). The van der Waals surface area contributed by atoms with E-state index >= 15 is 0 Å². The van der Waals surface area contributed by atoms with Gasteiger partial charge in [-0.3, -0.25) is 0 Å². The van der Waals surface area contributed by atoms with E-state index < -0.39 is 0 Å². The normalized spacial score (nSPS) is 12.4. The number of fused-ring (bicyclic) bond motifs is 8.